The predicted molar refractivity (Wildman–Crippen MR) is 177 cm³/mol. The summed E-state index contributed by atoms with van der Waals surface area (Å²) in [6, 6.07) is 40.6. The van der Waals surface area contributed by atoms with Crippen LogP contribution in [-0.4, -0.2) is 28.2 Å². The van der Waals surface area contributed by atoms with Crippen LogP contribution in [0.25, 0.3) is 43.1 Å². The summed E-state index contributed by atoms with van der Waals surface area (Å²) in [5, 5.41) is 10.1. The first kappa shape index (κ1) is 31.3. The zero-order chi connectivity index (χ0) is 27.7. The Morgan fingerprint density at radius 2 is 0.842 bits per heavy atom. The van der Waals surface area contributed by atoms with Crippen molar-refractivity contribution >= 4 is 93.5 Å². The minimum atomic E-state index is 1.19. The number of fused-ring (bicyclic) bond motifs is 6. The molecule has 0 amide bonds. The van der Waals surface area contributed by atoms with Crippen LogP contribution in [0, 0.1) is 12.1 Å². The number of hydrogen-bond donors (Lipinski definition) is 0. The average molecular weight is 907 g/mol. The molecule has 0 atom stereocenters. The van der Waals surface area contributed by atoms with Crippen molar-refractivity contribution < 1.29 is 31.2 Å². The zero-order valence-electron chi connectivity index (χ0n) is 21.5. The molecule has 0 radical (unpaired) electrons. The fraction of sp³-hybridized carbons (Fsp3) is 0.125. The molecular weight excluding hydrogens is 879 g/mol. The number of anilines is 2. The Bertz CT molecular complexity index is 1510. The Balaban J connectivity index is 0.000000187. The van der Waals surface area contributed by atoms with Crippen molar-refractivity contribution in [3.8, 4) is 0 Å². The Labute approximate surface area is 268 Å². The molecule has 0 aliphatic heterocycles. The van der Waals surface area contributed by atoms with Crippen LogP contribution < -0.4 is 9.80 Å². The number of nitrogens with zero attached hydrogens (tertiary/aromatic N) is 2. The van der Waals surface area contributed by atoms with E-state index in [1.807, 2.05) is 63.3 Å². The van der Waals surface area contributed by atoms with Gasteiger partial charge in [0.1, 0.15) is 0 Å². The van der Waals surface area contributed by atoms with Gasteiger partial charge in [-0.3, -0.25) is 0 Å². The van der Waals surface area contributed by atoms with Crippen molar-refractivity contribution in [2.24, 2.45) is 0 Å². The molecule has 0 heterocycles. The summed E-state index contributed by atoms with van der Waals surface area (Å²) in [6.07, 6.45) is 0. The molecule has 6 heteroatoms. The Kier molecular flexibility index (Phi) is 12.8. The summed E-state index contributed by atoms with van der Waals surface area (Å²) in [4.78, 5) is 4.29. The summed E-state index contributed by atoms with van der Waals surface area (Å²) < 4.78 is 0. The van der Waals surface area contributed by atoms with Crippen LogP contribution in [0.2, 0.25) is 0 Å². The van der Waals surface area contributed by atoms with Crippen LogP contribution in [0.15, 0.2) is 97.1 Å². The number of hydrogen-bond acceptors (Lipinski definition) is 2. The molecule has 0 unspecified atom stereocenters. The summed E-state index contributed by atoms with van der Waals surface area (Å²) in [6.45, 7) is 0. The van der Waals surface area contributed by atoms with Gasteiger partial charge < -0.3 is 9.80 Å². The molecule has 6 aromatic carbocycles. The van der Waals surface area contributed by atoms with E-state index < -0.39 is 0 Å². The molecule has 200 valence electrons. The molecule has 0 aromatic heterocycles. The first-order valence-corrected chi connectivity index (χ1v) is 21.0. The van der Waals surface area contributed by atoms with E-state index in [-0.39, 0.29) is 0 Å². The fourth-order valence-corrected chi connectivity index (χ4v) is 4.63. The molecule has 2 nitrogen and oxygen atoms in total. The molecule has 0 saturated heterocycles. The molecule has 0 aliphatic rings. The van der Waals surface area contributed by atoms with Gasteiger partial charge in [-0.2, -0.15) is 0 Å². The number of rotatable bonds is 2. The first-order chi connectivity index (χ1) is 18.5. The van der Waals surface area contributed by atoms with E-state index in [9.17, 15) is 0 Å². The minimum absolute atomic E-state index is 1.19. The van der Waals surface area contributed by atoms with Gasteiger partial charge in [-0.15, -0.1) is 59.3 Å². The van der Waals surface area contributed by atoms with E-state index in [0.29, 0.717) is 0 Å². The summed E-state index contributed by atoms with van der Waals surface area (Å²) in [7, 11) is 8.30. The van der Waals surface area contributed by atoms with Crippen molar-refractivity contribution in [2.45, 2.75) is 0 Å². The summed E-state index contributed by atoms with van der Waals surface area (Å²) in [5.74, 6) is 0. The Hall–Kier alpha value is -1.26. The van der Waals surface area contributed by atoms with Crippen molar-refractivity contribution in [1.29, 1.82) is 0 Å². The molecule has 6 rings (SSSR count). The molecular formula is C32H28I2N2Pd2. The molecule has 0 bridgehead atoms. The van der Waals surface area contributed by atoms with E-state index >= 15 is 0 Å². The summed E-state index contributed by atoms with van der Waals surface area (Å²) >= 11 is 9.44. The molecule has 0 saturated carbocycles. The fourth-order valence-electron chi connectivity index (χ4n) is 4.63. The second-order valence-electron chi connectivity index (χ2n) is 8.94. The monoisotopic (exact) mass is 906 g/mol. The topological polar surface area (TPSA) is 6.48 Å². The third-order valence-corrected chi connectivity index (χ3v) is 6.27. The third kappa shape index (κ3) is 7.08. The molecule has 6 aromatic rings. The van der Waals surface area contributed by atoms with E-state index in [4.69, 9.17) is 0 Å². The van der Waals surface area contributed by atoms with Gasteiger partial charge in [0.2, 0.25) is 0 Å². The normalized spacial score (nSPS) is 10.2. The van der Waals surface area contributed by atoms with Crippen LogP contribution in [0.4, 0.5) is 11.4 Å². The van der Waals surface area contributed by atoms with E-state index in [1.165, 1.54) is 54.5 Å². The maximum absolute atomic E-state index is 3.35. The maximum atomic E-state index is 3.35. The molecule has 0 spiro atoms. The van der Waals surface area contributed by atoms with Crippen LogP contribution in [0.3, 0.4) is 0 Å². The third-order valence-electron chi connectivity index (χ3n) is 6.27. The SMILES string of the molecule is CN(C)c1cc2ccccc2c2ccc[c-]c12.CN(C)c1cc2ccccc2c2ccc[c-]c12.[Pd+][I].[Pd+][I]. The van der Waals surface area contributed by atoms with E-state index in [2.05, 4.69) is 154 Å². The van der Waals surface area contributed by atoms with Gasteiger partial charge in [-0.05, 0) is 50.3 Å². The van der Waals surface area contributed by atoms with Crippen molar-refractivity contribution in [1.82, 2.24) is 0 Å². The molecule has 0 aliphatic carbocycles. The quantitative estimate of drug-likeness (QED) is 0.0740. The average Bonchev–Trinajstić information content (AvgIpc) is 2.98. The second kappa shape index (κ2) is 15.5. The first-order valence-electron chi connectivity index (χ1n) is 11.8. The van der Waals surface area contributed by atoms with Crippen molar-refractivity contribution in [2.75, 3.05) is 38.0 Å². The Morgan fingerprint density at radius 1 is 0.500 bits per heavy atom. The standard InChI is InChI=1S/2C16H14N.2HI.2Pd/c2*1-17(2)16-11-12-7-3-4-8-13(12)14-9-5-6-10-15(14)16;;;;/h2*3-9,11H,1-2H3;2*1H;;/q2*-1;;;2*+2/p-2. The van der Waals surface area contributed by atoms with Gasteiger partial charge in [0.15, 0.2) is 0 Å². The summed E-state index contributed by atoms with van der Waals surface area (Å²) in [5.41, 5.74) is 2.44. The van der Waals surface area contributed by atoms with Gasteiger partial charge in [0.25, 0.3) is 0 Å². The molecule has 0 fully saturated rings. The van der Waals surface area contributed by atoms with Gasteiger partial charge in [-0.25, -0.2) is 0 Å². The van der Waals surface area contributed by atoms with Gasteiger partial charge in [0, 0.05) is 0 Å². The Morgan fingerprint density at radius 3 is 1.21 bits per heavy atom. The van der Waals surface area contributed by atoms with Crippen LogP contribution in [-0.2, 0) is 31.2 Å². The molecule has 38 heavy (non-hydrogen) atoms. The number of halogens is 2. The van der Waals surface area contributed by atoms with Gasteiger partial charge in [0.05, 0.1) is 0 Å². The number of benzene rings is 6. The van der Waals surface area contributed by atoms with Crippen LogP contribution in [0.5, 0.6) is 0 Å². The predicted octanol–water partition coefficient (Wildman–Crippen LogP) is 9.48. The second-order valence-corrected chi connectivity index (χ2v) is 8.94. The van der Waals surface area contributed by atoms with Crippen LogP contribution in [0.1, 0.15) is 0 Å². The zero-order valence-corrected chi connectivity index (χ0v) is 28.9. The van der Waals surface area contributed by atoms with E-state index in [1.54, 1.807) is 0 Å². The van der Waals surface area contributed by atoms with Gasteiger partial charge >= 0.3 is 70.2 Å². The van der Waals surface area contributed by atoms with Gasteiger partial charge in [-0.1, -0.05) is 82.2 Å². The van der Waals surface area contributed by atoms with Crippen molar-refractivity contribution in [3.05, 3.63) is 109 Å². The molecule has 0 N–H and O–H groups in total. The van der Waals surface area contributed by atoms with E-state index in [0.717, 1.165) is 0 Å². The van der Waals surface area contributed by atoms with Crippen molar-refractivity contribution in [3.63, 3.8) is 0 Å². The van der Waals surface area contributed by atoms with Crippen LogP contribution >= 0.6 is 39.0 Å².